The molecule has 9 atom stereocenters. The lowest BCUT2D eigenvalue weighted by Crippen LogP contribution is -2.61. The molecule has 0 aromatic rings. The van der Waals surface area contributed by atoms with Gasteiger partial charge in [-0.05, 0) is 67.1 Å². The molecule has 5 heteroatoms. The van der Waals surface area contributed by atoms with Gasteiger partial charge in [-0.15, -0.1) is 0 Å². The topological polar surface area (TPSA) is 91.7 Å². The maximum absolute atomic E-state index is 13.3. The van der Waals surface area contributed by atoms with Crippen molar-refractivity contribution in [1.82, 2.24) is 0 Å². The molecule has 4 fully saturated rings. The fourth-order valence-electron chi connectivity index (χ4n) is 8.21. The number of carboxylic acids is 1. The van der Waals surface area contributed by atoms with Gasteiger partial charge in [0.25, 0.3) is 0 Å². The maximum atomic E-state index is 13.3. The third-order valence-electron chi connectivity index (χ3n) is 9.96. The molecule has 3 unspecified atom stereocenters. The van der Waals surface area contributed by atoms with Crippen LogP contribution < -0.4 is 0 Å². The second kappa shape index (κ2) is 7.18. The summed E-state index contributed by atoms with van der Waals surface area (Å²) in [6.45, 7) is 6.55. The first-order valence-electron chi connectivity index (χ1n) is 11.5. The maximum Gasteiger partial charge on any atom is 0.303 e. The van der Waals surface area contributed by atoms with Gasteiger partial charge in [0, 0.05) is 37.0 Å². The van der Waals surface area contributed by atoms with Gasteiger partial charge in [-0.2, -0.15) is 0 Å². The molecule has 4 rings (SSSR count). The molecule has 4 saturated carbocycles. The summed E-state index contributed by atoms with van der Waals surface area (Å²) in [4.78, 5) is 36.4. The molecule has 5 nitrogen and oxygen atoms in total. The van der Waals surface area contributed by atoms with Crippen LogP contribution in [-0.4, -0.2) is 33.9 Å². The molecule has 4 aliphatic rings. The summed E-state index contributed by atoms with van der Waals surface area (Å²) in [7, 11) is 0. The minimum atomic E-state index is -0.769. The molecule has 162 valence electrons. The van der Waals surface area contributed by atoms with Crippen LogP contribution in [0.4, 0.5) is 0 Å². The Morgan fingerprint density at radius 1 is 1.17 bits per heavy atom. The number of hydrogen-bond acceptors (Lipinski definition) is 4. The highest BCUT2D eigenvalue weighted by Gasteiger charge is 2.65. The average molecular weight is 405 g/mol. The molecule has 0 aliphatic heterocycles. The van der Waals surface area contributed by atoms with E-state index in [-0.39, 0.29) is 58.5 Å². The zero-order chi connectivity index (χ0) is 21.1. The van der Waals surface area contributed by atoms with Crippen molar-refractivity contribution in [1.29, 1.82) is 0 Å². The Morgan fingerprint density at radius 2 is 1.90 bits per heavy atom. The summed E-state index contributed by atoms with van der Waals surface area (Å²) in [5, 5.41) is 20.5. The molecule has 0 aromatic carbocycles. The van der Waals surface area contributed by atoms with Crippen LogP contribution in [0.3, 0.4) is 0 Å². The summed E-state index contributed by atoms with van der Waals surface area (Å²) in [6, 6.07) is 0. The predicted molar refractivity (Wildman–Crippen MR) is 108 cm³/mol. The number of fused-ring (bicyclic) bond motifs is 5. The molecular weight excluding hydrogens is 368 g/mol. The molecule has 0 aromatic heterocycles. The van der Waals surface area contributed by atoms with Gasteiger partial charge in [-0.3, -0.25) is 14.4 Å². The van der Waals surface area contributed by atoms with Crippen molar-refractivity contribution < 1.29 is 24.6 Å². The molecule has 4 aliphatic carbocycles. The Hall–Kier alpha value is -1.23. The largest absolute Gasteiger partial charge is 0.481 e. The van der Waals surface area contributed by atoms with E-state index in [1.807, 2.05) is 0 Å². The number of aliphatic carboxylic acids is 1. The number of ketones is 2. The predicted octanol–water partition coefficient (Wildman–Crippen LogP) is 3.87. The van der Waals surface area contributed by atoms with Crippen LogP contribution in [0, 0.1) is 46.3 Å². The second-order valence-electron chi connectivity index (χ2n) is 11.1. The van der Waals surface area contributed by atoms with Crippen LogP contribution in [0.5, 0.6) is 0 Å². The summed E-state index contributed by atoms with van der Waals surface area (Å²) in [5.74, 6) is 0.793. The van der Waals surface area contributed by atoms with Gasteiger partial charge < -0.3 is 10.2 Å². The lowest BCUT2D eigenvalue weighted by molar-refractivity contribution is -0.178. The molecule has 0 amide bonds. The van der Waals surface area contributed by atoms with Crippen molar-refractivity contribution >= 4 is 17.5 Å². The normalized spacial score (nSPS) is 47.9. The second-order valence-corrected chi connectivity index (χ2v) is 11.1. The minimum Gasteiger partial charge on any atom is -0.481 e. The highest BCUT2D eigenvalue weighted by molar-refractivity contribution is 5.86. The molecular formula is C24H36O5. The number of aliphatic hydroxyl groups excluding tert-OH is 1. The van der Waals surface area contributed by atoms with Crippen molar-refractivity contribution in [2.24, 2.45) is 46.3 Å². The lowest BCUT2D eigenvalue weighted by Gasteiger charge is -2.61. The summed E-state index contributed by atoms with van der Waals surface area (Å²) in [6.07, 6.45) is 5.38. The first kappa shape index (κ1) is 21.0. The van der Waals surface area contributed by atoms with E-state index in [0.717, 1.165) is 19.3 Å². The van der Waals surface area contributed by atoms with Gasteiger partial charge in [-0.25, -0.2) is 0 Å². The average Bonchev–Trinajstić information content (AvgIpc) is 3.01. The van der Waals surface area contributed by atoms with Crippen molar-refractivity contribution in [2.75, 3.05) is 0 Å². The fraction of sp³-hybridized carbons (Fsp3) is 0.875. The van der Waals surface area contributed by atoms with Crippen LogP contribution in [0.1, 0.15) is 78.6 Å². The van der Waals surface area contributed by atoms with E-state index in [1.165, 1.54) is 0 Å². The third kappa shape index (κ3) is 3.10. The van der Waals surface area contributed by atoms with Crippen LogP contribution in [-0.2, 0) is 14.4 Å². The fourth-order valence-corrected chi connectivity index (χ4v) is 8.21. The Kier molecular flexibility index (Phi) is 5.20. The lowest BCUT2D eigenvalue weighted by atomic mass is 9.43. The number of aliphatic hydroxyl groups is 1. The van der Waals surface area contributed by atoms with Gasteiger partial charge in [0.15, 0.2) is 0 Å². The van der Waals surface area contributed by atoms with E-state index in [4.69, 9.17) is 5.11 Å². The van der Waals surface area contributed by atoms with E-state index in [1.54, 1.807) is 0 Å². The number of hydrogen-bond donors (Lipinski definition) is 2. The van der Waals surface area contributed by atoms with Crippen LogP contribution in [0.25, 0.3) is 0 Å². The van der Waals surface area contributed by atoms with Gasteiger partial charge >= 0.3 is 5.97 Å². The smallest absolute Gasteiger partial charge is 0.303 e. The van der Waals surface area contributed by atoms with E-state index in [2.05, 4.69) is 20.8 Å². The van der Waals surface area contributed by atoms with E-state index < -0.39 is 12.1 Å². The number of Topliss-reactive ketones (excluding diaryl/α,β-unsaturated/α-hetero) is 2. The van der Waals surface area contributed by atoms with Crippen molar-refractivity contribution in [3.8, 4) is 0 Å². The van der Waals surface area contributed by atoms with Gasteiger partial charge in [-0.1, -0.05) is 20.8 Å². The Labute approximate surface area is 173 Å². The number of carboxylic acid groups (broad SMARTS) is 1. The zero-order valence-electron chi connectivity index (χ0n) is 18.0. The number of rotatable bonds is 4. The standard InChI is InChI=1S/C24H36O5/c1-13(4-7-21(28)29)16-5-6-17-22-18(12-20(27)24(16,17)3)23(2)9-8-15(25)10-14(23)11-19(22)26/h13-14,16-18,20,22,27H,4-12H2,1-3H3,(H,28,29)/t13-,14?,16-,17+,18?,20?,22+,23+,24-/m1/s1. The van der Waals surface area contributed by atoms with Crippen molar-refractivity contribution in [2.45, 2.75) is 84.7 Å². The molecule has 0 saturated heterocycles. The molecule has 29 heavy (non-hydrogen) atoms. The van der Waals surface area contributed by atoms with Crippen LogP contribution >= 0.6 is 0 Å². The molecule has 0 radical (unpaired) electrons. The molecule has 2 N–H and O–H groups in total. The van der Waals surface area contributed by atoms with Crippen molar-refractivity contribution in [3.63, 3.8) is 0 Å². The molecule has 0 bridgehead atoms. The monoisotopic (exact) mass is 404 g/mol. The summed E-state index contributed by atoms with van der Waals surface area (Å²) >= 11 is 0. The quantitative estimate of drug-likeness (QED) is 0.742. The number of carbonyl (C=O) groups excluding carboxylic acids is 2. The zero-order valence-corrected chi connectivity index (χ0v) is 18.0. The SMILES string of the molecule is C[C@H](CCC(=O)O)[C@H]1CC[C@H]2[C@@H]3C(=O)CC4CC(=O)CC[C@]4(C)C3CC(O)[C@]12C. The van der Waals surface area contributed by atoms with Gasteiger partial charge in [0.2, 0.25) is 0 Å². The minimum absolute atomic E-state index is 0.00507. The van der Waals surface area contributed by atoms with Gasteiger partial charge in [0.05, 0.1) is 6.10 Å². The van der Waals surface area contributed by atoms with Crippen molar-refractivity contribution in [3.05, 3.63) is 0 Å². The van der Waals surface area contributed by atoms with E-state index >= 15 is 0 Å². The van der Waals surface area contributed by atoms with Crippen LogP contribution in [0.2, 0.25) is 0 Å². The Morgan fingerprint density at radius 3 is 2.59 bits per heavy atom. The Balaban J connectivity index is 1.62. The summed E-state index contributed by atoms with van der Waals surface area (Å²) < 4.78 is 0. The highest BCUT2D eigenvalue weighted by atomic mass is 16.4. The third-order valence-corrected chi connectivity index (χ3v) is 9.96. The first-order chi connectivity index (χ1) is 13.6. The number of carbonyl (C=O) groups is 3. The Bertz CT molecular complexity index is 716. The van der Waals surface area contributed by atoms with Gasteiger partial charge in [0.1, 0.15) is 11.6 Å². The highest BCUT2D eigenvalue weighted by Crippen LogP contribution is 2.67. The van der Waals surface area contributed by atoms with E-state index in [0.29, 0.717) is 37.9 Å². The summed E-state index contributed by atoms with van der Waals surface area (Å²) in [5.41, 5.74) is -0.343. The van der Waals surface area contributed by atoms with Crippen LogP contribution in [0.15, 0.2) is 0 Å². The van der Waals surface area contributed by atoms with E-state index in [9.17, 15) is 19.5 Å². The molecule has 0 heterocycles. The molecule has 0 spiro atoms. The first-order valence-corrected chi connectivity index (χ1v) is 11.5.